The van der Waals surface area contributed by atoms with Crippen LogP contribution in [-0.2, 0) is 18.3 Å². The van der Waals surface area contributed by atoms with Gasteiger partial charge >= 0.3 is 0 Å². The van der Waals surface area contributed by atoms with Gasteiger partial charge in [-0.3, -0.25) is 14.3 Å². The van der Waals surface area contributed by atoms with Crippen molar-refractivity contribution in [2.75, 3.05) is 11.9 Å². The summed E-state index contributed by atoms with van der Waals surface area (Å²) in [6.07, 6.45) is 2.77. The van der Waals surface area contributed by atoms with Crippen molar-refractivity contribution in [2.45, 2.75) is 18.8 Å². The molecule has 1 aliphatic rings. The first-order valence-corrected chi connectivity index (χ1v) is 9.33. The molecule has 6 nitrogen and oxygen atoms in total. The second-order valence-corrected chi connectivity index (χ2v) is 7.07. The van der Waals surface area contributed by atoms with Gasteiger partial charge in [-0.15, -0.1) is 0 Å². The maximum Gasteiger partial charge on any atom is 0.259 e. The molecule has 0 saturated carbocycles. The number of benzene rings is 2. The number of nitrogens with one attached hydrogen (secondary N) is 2. The number of carbonyl (C=O) groups is 2. The van der Waals surface area contributed by atoms with Crippen LogP contribution in [0.25, 0.3) is 0 Å². The fraction of sp³-hybridized carbons (Fsp3) is 0.227. The van der Waals surface area contributed by atoms with Crippen LogP contribution in [-0.4, -0.2) is 28.1 Å². The van der Waals surface area contributed by atoms with Crippen LogP contribution < -0.4 is 10.6 Å². The molecule has 0 aliphatic carbocycles. The summed E-state index contributed by atoms with van der Waals surface area (Å²) >= 11 is 0. The molecule has 1 aromatic heterocycles. The number of carbonyl (C=O) groups excluding carboxylic acids is 2. The Morgan fingerprint density at radius 1 is 1.18 bits per heavy atom. The SMILES string of the molecule is Cn1ncc(C(=O)Nc2ccc(C3CNC(=O)C3)cc2)c1Cc1ccccc1. The van der Waals surface area contributed by atoms with Crippen LogP contribution in [0.4, 0.5) is 5.69 Å². The van der Waals surface area contributed by atoms with E-state index in [0.29, 0.717) is 24.9 Å². The highest BCUT2D eigenvalue weighted by molar-refractivity contribution is 6.05. The van der Waals surface area contributed by atoms with E-state index in [1.54, 1.807) is 10.9 Å². The summed E-state index contributed by atoms with van der Waals surface area (Å²) in [5.41, 5.74) is 4.39. The summed E-state index contributed by atoms with van der Waals surface area (Å²) in [5, 5.41) is 10.1. The van der Waals surface area contributed by atoms with Crippen molar-refractivity contribution in [1.29, 1.82) is 0 Å². The van der Waals surface area contributed by atoms with E-state index in [1.807, 2.05) is 61.6 Å². The predicted octanol–water partition coefficient (Wildman–Crippen LogP) is 2.87. The van der Waals surface area contributed by atoms with Gasteiger partial charge in [0.1, 0.15) is 0 Å². The van der Waals surface area contributed by atoms with Gasteiger partial charge in [-0.25, -0.2) is 0 Å². The number of rotatable bonds is 5. The van der Waals surface area contributed by atoms with Gasteiger partial charge in [-0.05, 0) is 23.3 Å². The number of aryl methyl sites for hydroxylation is 1. The summed E-state index contributed by atoms with van der Waals surface area (Å²) in [6.45, 7) is 0.670. The third-order valence-electron chi connectivity index (χ3n) is 5.14. The van der Waals surface area contributed by atoms with Gasteiger partial charge in [0, 0.05) is 38.0 Å². The zero-order valence-electron chi connectivity index (χ0n) is 15.7. The molecule has 2 amide bonds. The van der Waals surface area contributed by atoms with Crippen molar-refractivity contribution in [3.8, 4) is 0 Å². The lowest BCUT2D eigenvalue weighted by molar-refractivity contribution is -0.119. The number of hydrogen-bond donors (Lipinski definition) is 2. The van der Waals surface area contributed by atoms with Gasteiger partial charge in [0.2, 0.25) is 5.91 Å². The highest BCUT2D eigenvalue weighted by atomic mass is 16.2. The predicted molar refractivity (Wildman–Crippen MR) is 107 cm³/mol. The summed E-state index contributed by atoms with van der Waals surface area (Å²) < 4.78 is 1.75. The van der Waals surface area contributed by atoms with E-state index in [-0.39, 0.29) is 17.7 Å². The van der Waals surface area contributed by atoms with E-state index in [2.05, 4.69) is 15.7 Å². The molecule has 2 heterocycles. The third kappa shape index (κ3) is 3.81. The van der Waals surface area contributed by atoms with Gasteiger partial charge < -0.3 is 10.6 Å². The molecule has 1 saturated heterocycles. The van der Waals surface area contributed by atoms with Gasteiger partial charge in [0.15, 0.2) is 0 Å². The zero-order valence-corrected chi connectivity index (χ0v) is 15.7. The van der Waals surface area contributed by atoms with E-state index in [9.17, 15) is 9.59 Å². The molecule has 3 aromatic rings. The summed E-state index contributed by atoms with van der Waals surface area (Å²) in [5.74, 6) is 0.113. The van der Waals surface area contributed by atoms with E-state index in [4.69, 9.17) is 0 Å². The van der Waals surface area contributed by atoms with Gasteiger partial charge in [-0.1, -0.05) is 42.5 Å². The third-order valence-corrected chi connectivity index (χ3v) is 5.14. The van der Waals surface area contributed by atoms with Crippen LogP contribution >= 0.6 is 0 Å². The average Bonchev–Trinajstić information content (AvgIpc) is 3.29. The Kier molecular flexibility index (Phi) is 4.93. The van der Waals surface area contributed by atoms with Crippen molar-refractivity contribution in [3.63, 3.8) is 0 Å². The summed E-state index contributed by atoms with van der Waals surface area (Å²) in [6, 6.07) is 17.7. The van der Waals surface area contributed by atoms with Crippen LogP contribution in [0.1, 0.15) is 39.5 Å². The molecule has 1 unspecified atom stereocenters. The van der Waals surface area contributed by atoms with Crippen molar-refractivity contribution in [1.82, 2.24) is 15.1 Å². The van der Waals surface area contributed by atoms with Crippen LogP contribution in [0, 0.1) is 0 Å². The van der Waals surface area contributed by atoms with Crippen molar-refractivity contribution in [2.24, 2.45) is 7.05 Å². The number of anilines is 1. The molecular weight excluding hydrogens is 352 g/mol. The van der Waals surface area contributed by atoms with Crippen LogP contribution in [0.5, 0.6) is 0 Å². The lowest BCUT2D eigenvalue weighted by Gasteiger charge is -2.10. The summed E-state index contributed by atoms with van der Waals surface area (Å²) in [7, 11) is 1.85. The highest BCUT2D eigenvalue weighted by Gasteiger charge is 2.23. The monoisotopic (exact) mass is 374 g/mol. The lowest BCUT2D eigenvalue weighted by atomic mass is 9.98. The topological polar surface area (TPSA) is 76.0 Å². The molecule has 28 heavy (non-hydrogen) atoms. The van der Waals surface area contributed by atoms with Gasteiger partial charge in [-0.2, -0.15) is 5.10 Å². The van der Waals surface area contributed by atoms with Crippen LogP contribution in [0.15, 0.2) is 60.8 Å². The smallest absolute Gasteiger partial charge is 0.259 e. The largest absolute Gasteiger partial charge is 0.355 e. The first kappa shape index (κ1) is 18.0. The molecule has 6 heteroatoms. The number of nitrogens with zero attached hydrogens (tertiary/aromatic N) is 2. The molecule has 0 radical (unpaired) electrons. The Hall–Kier alpha value is -3.41. The lowest BCUT2D eigenvalue weighted by Crippen LogP contribution is -2.15. The minimum absolute atomic E-state index is 0.0879. The molecule has 1 aliphatic heterocycles. The maximum atomic E-state index is 12.8. The van der Waals surface area contributed by atoms with Gasteiger partial charge in [0.05, 0.1) is 17.5 Å². The molecule has 142 valence electrons. The minimum atomic E-state index is -0.176. The van der Waals surface area contributed by atoms with E-state index >= 15 is 0 Å². The van der Waals surface area contributed by atoms with Crippen molar-refractivity contribution in [3.05, 3.63) is 83.2 Å². The fourth-order valence-corrected chi connectivity index (χ4v) is 3.53. The molecule has 2 aromatic carbocycles. The Labute approximate surface area is 163 Å². The molecule has 0 spiro atoms. The number of hydrogen-bond acceptors (Lipinski definition) is 3. The molecule has 1 fully saturated rings. The Morgan fingerprint density at radius 3 is 2.61 bits per heavy atom. The van der Waals surface area contributed by atoms with Crippen molar-refractivity contribution >= 4 is 17.5 Å². The van der Waals surface area contributed by atoms with Crippen molar-refractivity contribution < 1.29 is 9.59 Å². The van der Waals surface area contributed by atoms with E-state index < -0.39 is 0 Å². The normalized spacial score (nSPS) is 16.0. The van der Waals surface area contributed by atoms with Crippen LogP contribution in [0.2, 0.25) is 0 Å². The zero-order chi connectivity index (χ0) is 19.5. The van der Waals surface area contributed by atoms with E-state index in [0.717, 1.165) is 22.5 Å². The average molecular weight is 374 g/mol. The Morgan fingerprint density at radius 2 is 1.93 bits per heavy atom. The Bertz CT molecular complexity index is 993. The van der Waals surface area contributed by atoms with E-state index in [1.165, 1.54) is 0 Å². The van der Waals surface area contributed by atoms with Crippen LogP contribution in [0.3, 0.4) is 0 Å². The quantitative estimate of drug-likeness (QED) is 0.721. The standard InChI is InChI=1S/C22H22N4O2/c1-26-20(11-15-5-3-2-4-6-15)19(14-24-26)22(28)25-18-9-7-16(8-10-18)17-12-21(27)23-13-17/h2-10,14,17H,11-13H2,1H3,(H,23,27)(H,25,28). The molecule has 2 N–H and O–H groups in total. The Balaban J connectivity index is 1.47. The second-order valence-electron chi connectivity index (χ2n) is 7.07. The first-order chi connectivity index (χ1) is 13.6. The minimum Gasteiger partial charge on any atom is -0.355 e. The second kappa shape index (κ2) is 7.68. The molecule has 4 rings (SSSR count). The molecule has 1 atom stereocenters. The fourth-order valence-electron chi connectivity index (χ4n) is 3.53. The summed E-state index contributed by atoms with van der Waals surface area (Å²) in [4.78, 5) is 24.2. The number of amides is 2. The van der Waals surface area contributed by atoms with Gasteiger partial charge in [0.25, 0.3) is 5.91 Å². The maximum absolute atomic E-state index is 12.8. The number of aromatic nitrogens is 2. The highest BCUT2D eigenvalue weighted by Crippen LogP contribution is 2.24. The molecular formula is C22H22N4O2. The molecule has 0 bridgehead atoms. The first-order valence-electron chi connectivity index (χ1n) is 9.33.